The minimum absolute atomic E-state index is 0.0156. The molecule has 0 spiro atoms. The van der Waals surface area contributed by atoms with Crippen LogP contribution in [-0.2, 0) is 28.4 Å². The maximum Gasteiger partial charge on any atom is 0.104 e. The Balaban J connectivity index is 0.000000260. The lowest BCUT2D eigenvalue weighted by atomic mass is 10.4. The maximum atomic E-state index is 8.96. The van der Waals surface area contributed by atoms with Crippen LogP contribution in [-0.4, -0.2) is 101 Å². The molecule has 2 N–H and O–H groups in total. The normalized spacial score (nSPS) is 22.2. The molecule has 2 fully saturated rings. The molecule has 8 heteroatoms. The van der Waals surface area contributed by atoms with Crippen LogP contribution in [0.1, 0.15) is 19.8 Å². The lowest BCUT2D eigenvalue weighted by Gasteiger charge is -2.14. The third kappa shape index (κ3) is 15.6. The third-order valence-electron chi connectivity index (χ3n) is 3.38. The van der Waals surface area contributed by atoms with E-state index in [9.17, 15) is 0 Å². The van der Waals surface area contributed by atoms with Crippen molar-refractivity contribution in [1.29, 1.82) is 0 Å². The van der Waals surface area contributed by atoms with Gasteiger partial charge in [0.1, 0.15) is 18.3 Å². The van der Waals surface area contributed by atoms with Gasteiger partial charge in [-0.3, -0.25) is 0 Å². The number of ether oxygens (including phenoxy) is 6. The first-order valence-corrected chi connectivity index (χ1v) is 9.09. The molecule has 0 aromatic heterocycles. The molecule has 2 rings (SSSR count). The van der Waals surface area contributed by atoms with Gasteiger partial charge in [0.25, 0.3) is 0 Å². The third-order valence-corrected chi connectivity index (χ3v) is 3.38. The molecular formula is C17H34O8. The Morgan fingerprint density at radius 3 is 2.12 bits per heavy atom. The topological polar surface area (TPSA) is 102 Å². The number of aliphatic hydroxyl groups is 2. The summed E-state index contributed by atoms with van der Waals surface area (Å²) in [5.74, 6) is 0. The van der Waals surface area contributed by atoms with Gasteiger partial charge in [-0.25, -0.2) is 0 Å². The number of hydrogen-bond acceptors (Lipinski definition) is 8. The summed E-state index contributed by atoms with van der Waals surface area (Å²) in [4.78, 5) is 0. The minimum atomic E-state index is -0.238. The number of rotatable bonds is 16. The zero-order valence-corrected chi connectivity index (χ0v) is 15.3. The molecule has 0 radical (unpaired) electrons. The molecule has 2 aliphatic rings. The van der Waals surface area contributed by atoms with Crippen LogP contribution in [0.15, 0.2) is 0 Å². The molecule has 3 unspecified atom stereocenters. The van der Waals surface area contributed by atoms with Crippen LogP contribution in [0.5, 0.6) is 0 Å². The van der Waals surface area contributed by atoms with Gasteiger partial charge in [-0.15, -0.1) is 0 Å². The zero-order chi connectivity index (χ0) is 18.2. The van der Waals surface area contributed by atoms with Crippen molar-refractivity contribution >= 4 is 0 Å². The van der Waals surface area contributed by atoms with Crippen molar-refractivity contribution in [2.24, 2.45) is 0 Å². The highest BCUT2D eigenvalue weighted by Crippen LogP contribution is 2.11. The van der Waals surface area contributed by atoms with E-state index < -0.39 is 0 Å². The quantitative estimate of drug-likeness (QED) is 0.290. The van der Waals surface area contributed by atoms with Gasteiger partial charge in [-0.05, 0) is 6.42 Å². The largest absolute Gasteiger partial charge is 0.394 e. The summed E-state index contributed by atoms with van der Waals surface area (Å²) in [6.07, 6.45) is 2.53. The lowest BCUT2D eigenvalue weighted by molar-refractivity contribution is -0.0481. The van der Waals surface area contributed by atoms with E-state index in [4.69, 9.17) is 38.6 Å². The molecule has 0 amide bonds. The summed E-state index contributed by atoms with van der Waals surface area (Å²) in [7, 11) is 0. The van der Waals surface area contributed by atoms with Gasteiger partial charge in [0.15, 0.2) is 0 Å². The summed E-state index contributed by atoms with van der Waals surface area (Å²) in [5, 5.41) is 17.3. The number of unbranched alkanes of at least 4 members (excludes halogenated alkanes) is 1. The van der Waals surface area contributed by atoms with Crippen molar-refractivity contribution in [3.05, 3.63) is 0 Å². The second kappa shape index (κ2) is 15.9. The van der Waals surface area contributed by atoms with Gasteiger partial charge in [-0.2, -0.15) is 0 Å². The molecule has 0 saturated carbocycles. The monoisotopic (exact) mass is 366 g/mol. The standard InChI is InChI=1S/C9H16O5.C8H18O3/c10-1-7(12-5-9-6-14-9)2-11-3-8-4-13-8;1-2-3-5-10-7-8-11-6-4-9/h7-10H,1-6H2;9H,2-8H2,1H3. The average molecular weight is 366 g/mol. The Kier molecular flexibility index (Phi) is 14.4. The molecule has 0 aromatic rings. The van der Waals surface area contributed by atoms with E-state index in [0.29, 0.717) is 39.6 Å². The molecule has 25 heavy (non-hydrogen) atoms. The first kappa shape index (κ1) is 22.7. The van der Waals surface area contributed by atoms with E-state index in [1.165, 1.54) is 0 Å². The van der Waals surface area contributed by atoms with Gasteiger partial charge >= 0.3 is 0 Å². The van der Waals surface area contributed by atoms with Crippen LogP contribution >= 0.6 is 0 Å². The summed E-state index contributed by atoms with van der Waals surface area (Å²) in [6, 6.07) is 0. The molecule has 8 nitrogen and oxygen atoms in total. The highest BCUT2D eigenvalue weighted by atomic mass is 16.6. The van der Waals surface area contributed by atoms with Crippen molar-refractivity contribution in [2.75, 3.05) is 72.7 Å². The van der Waals surface area contributed by atoms with Crippen molar-refractivity contribution in [2.45, 2.75) is 38.1 Å². The first-order valence-electron chi connectivity index (χ1n) is 9.09. The van der Waals surface area contributed by atoms with Gasteiger partial charge in [0.05, 0.1) is 66.1 Å². The van der Waals surface area contributed by atoms with E-state index in [2.05, 4.69) is 6.92 Å². The predicted molar refractivity (Wildman–Crippen MR) is 90.8 cm³/mol. The molecule has 2 saturated heterocycles. The number of epoxide rings is 2. The van der Waals surface area contributed by atoms with E-state index in [1.54, 1.807) is 0 Å². The van der Waals surface area contributed by atoms with Crippen LogP contribution in [0.3, 0.4) is 0 Å². The number of hydrogen-bond donors (Lipinski definition) is 2. The summed E-state index contributed by atoms with van der Waals surface area (Å²) >= 11 is 0. The molecule has 2 aliphatic heterocycles. The Bertz CT molecular complexity index is 276. The zero-order valence-electron chi connectivity index (χ0n) is 15.3. The van der Waals surface area contributed by atoms with E-state index >= 15 is 0 Å². The molecular weight excluding hydrogens is 332 g/mol. The summed E-state index contributed by atoms with van der Waals surface area (Å²) < 4.78 is 30.9. The molecule has 150 valence electrons. The Morgan fingerprint density at radius 2 is 1.56 bits per heavy atom. The first-order chi connectivity index (χ1) is 12.3. The fourth-order valence-electron chi connectivity index (χ4n) is 1.69. The Labute approximate surface area is 150 Å². The summed E-state index contributed by atoms with van der Waals surface area (Å²) in [6.45, 7) is 7.80. The van der Waals surface area contributed by atoms with Crippen molar-refractivity contribution < 1.29 is 38.6 Å². The van der Waals surface area contributed by atoms with Crippen LogP contribution in [0, 0.1) is 0 Å². The van der Waals surface area contributed by atoms with Crippen molar-refractivity contribution in [1.82, 2.24) is 0 Å². The second-order valence-corrected chi connectivity index (χ2v) is 5.89. The van der Waals surface area contributed by atoms with Crippen molar-refractivity contribution in [3.63, 3.8) is 0 Å². The fourth-order valence-corrected chi connectivity index (χ4v) is 1.69. The molecule has 0 aromatic carbocycles. The van der Waals surface area contributed by atoms with Gasteiger partial charge in [-0.1, -0.05) is 13.3 Å². The summed E-state index contributed by atoms with van der Waals surface area (Å²) in [5.41, 5.74) is 0. The van der Waals surface area contributed by atoms with Gasteiger partial charge in [0.2, 0.25) is 0 Å². The van der Waals surface area contributed by atoms with Gasteiger partial charge in [0, 0.05) is 6.61 Å². The van der Waals surface area contributed by atoms with E-state index in [0.717, 1.165) is 32.7 Å². The van der Waals surface area contributed by atoms with E-state index in [1.807, 2.05) is 0 Å². The predicted octanol–water partition coefficient (Wildman–Crippen LogP) is -0.00990. The molecule has 0 bridgehead atoms. The number of aliphatic hydroxyl groups excluding tert-OH is 2. The van der Waals surface area contributed by atoms with Crippen LogP contribution in [0.4, 0.5) is 0 Å². The highest BCUT2D eigenvalue weighted by Gasteiger charge is 2.25. The van der Waals surface area contributed by atoms with Gasteiger partial charge < -0.3 is 38.6 Å². The SMILES string of the molecule is CCCCOCCOCCO.OCC(COCC1CO1)OCC1CO1. The minimum Gasteiger partial charge on any atom is -0.394 e. The molecule has 0 aliphatic carbocycles. The van der Waals surface area contributed by atoms with Crippen molar-refractivity contribution in [3.8, 4) is 0 Å². The van der Waals surface area contributed by atoms with E-state index in [-0.39, 0.29) is 31.5 Å². The fraction of sp³-hybridized carbons (Fsp3) is 1.00. The lowest BCUT2D eigenvalue weighted by Crippen LogP contribution is -2.26. The molecule has 3 atom stereocenters. The average Bonchev–Trinajstić information content (AvgIpc) is 3.52. The Hall–Kier alpha value is -0.320. The smallest absolute Gasteiger partial charge is 0.104 e. The second-order valence-electron chi connectivity index (χ2n) is 5.89. The molecule has 2 heterocycles. The van der Waals surface area contributed by atoms with Crippen LogP contribution < -0.4 is 0 Å². The highest BCUT2D eigenvalue weighted by molar-refractivity contribution is 4.70. The Morgan fingerprint density at radius 1 is 0.920 bits per heavy atom. The maximum absolute atomic E-state index is 8.96. The van der Waals surface area contributed by atoms with Crippen LogP contribution in [0.2, 0.25) is 0 Å². The van der Waals surface area contributed by atoms with Crippen LogP contribution in [0.25, 0.3) is 0 Å².